The van der Waals surface area contributed by atoms with Gasteiger partial charge in [0.2, 0.25) is 0 Å². The molecule has 2 aliphatic rings. The lowest BCUT2D eigenvalue weighted by Gasteiger charge is -2.40. The average molecular weight is 364 g/mol. The maximum absolute atomic E-state index is 12.1. The summed E-state index contributed by atoms with van der Waals surface area (Å²) in [6.45, 7) is 2.17. The van der Waals surface area contributed by atoms with Gasteiger partial charge in [-0.05, 0) is 69.2 Å². The highest BCUT2D eigenvalue weighted by Gasteiger charge is 2.31. The van der Waals surface area contributed by atoms with Crippen LogP contribution in [0.4, 0.5) is 5.69 Å². The molecule has 1 saturated heterocycles. The standard InChI is InChI=1S/C20H30ClN3O/c1-22-16-11-15(12-16)10-14-6-8-24(9-7-14)17-4-5-18(19(21)13-17)20(25)23(2)3/h4-5,13-16,22H,6-12H2,1-3H3. The van der Waals surface area contributed by atoms with Crippen molar-refractivity contribution in [3.05, 3.63) is 28.8 Å². The molecule has 4 nitrogen and oxygen atoms in total. The van der Waals surface area contributed by atoms with Crippen molar-refractivity contribution in [3.63, 3.8) is 0 Å². The number of piperidine rings is 1. The number of nitrogens with zero attached hydrogens (tertiary/aromatic N) is 2. The molecule has 1 aliphatic heterocycles. The SMILES string of the molecule is CNC1CC(CC2CCN(c3ccc(C(=O)N(C)C)c(Cl)c3)CC2)C1. The van der Waals surface area contributed by atoms with Gasteiger partial charge in [-0.25, -0.2) is 0 Å². The summed E-state index contributed by atoms with van der Waals surface area (Å²) in [4.78, 5) is 16.1. The van der Waals surface area contributed by atoms with Gasteiger partial charge in [-0.2, -0.15) is 0 Å². The molecule has 5 heteroatoms. The van der Waals surface area contributed by atoms with Gasteiger partial charge in [-0.15, -0.1) is 0 Å². The first kappa shape index (κ1) is 18.5. The van der Waals surface area contributed by atoms with Crippen molar-refractivity contribution in [2.24, 2.45) is 11.8 Å². The third-order valence-corrected chi connectivity index (χ3v) is 6.19. The Kier molecular flexibility index (Phi) is 5.90. The third kappa shape index (κ3) is 4.29. The maximum Gasteiger partial charge on any atom is 0.254 e. The van der Waals surface area contributed by atoms with Gasteiger partial charge in [0.25, 0.3) is 5.91 Å². The zero-order valence-electron chi connectivity index (χ0n) is 15.6. The van der Waals surface area contributed by atoms with Crippen molar-refractivity contribution in [3.8, 4) is 0 Å². The lowest BCUT2D eigenvalue weighted by Crippen LogP contribution is -2.41. The second-order valence-corrected chi connectivity index (χ2v) is 8.26. The minimum absolute atomic E-state index is 0.0457. The number of hydrogen-bond acceptors (Lipinski definition) is 3. The van der Waals surface area contributed by atoms with Crippen LogP contribution in [0.25, 0.3) is 0 Å². The van der Waals surface area contributed by atoms with Crippen molar-refractivity contribution in [1.29, 1.82) is 0 Å². The number of nitrogens with one attached hydrogen (secondary N) is 1. The van der Waals surface area contributed by atoms with Crippen molar-refractivity contribution >= 4 is 23.2 Å². The monoisotopic (exact) mass is 363 g/mol. The highest BCUT2D eigenvalue weighted by atomic mass is 35.5. The summed E-state index contributed by atoms with van der Waals surface area (Å²) in [5.74, 6) is 1.75. The molecule has 1 saturated carbocycles. The molecule has 1 aliphatic carbocycles. The number of benzene rings is 1. The van der Waals surface area contributed by atoms with Gasteiger partial charge >= 0.3 is 0 Å². The van der Waals surface area contributed by atoms with E-state index in [1.165, 1.54) is 32.1 Å². The molecule has 0 radical (unpaired) electrons. The van der Waals surface area contributed by atoms with Crippen LogP contribution in [-0.2, 0) is 0 Å². The Morgan fingerprint density at radius 3 is 2.48 bits per heavy atom. The molecule has 1 heterocycles. The molecule has 1 N–H and O–H groups in total. The van der Waals surface area contributed by atoms with E-state index >= 15 is 0 Å². The second-order valence-electron chi connectivity index (χ2n) is 7.85. The second kappa shape index (κ2) is 7.96. The highest BCUT2D eigenvalue weighted by Crippen LogP contribution is 2.36. The Bertz CT molecular complexity index is 605. The molecule has 1 amide bonds. The summed E-state index contributed by atoms with van der Waals surface area (Å²) in [6.07, 6.45) is 6.62. The first-order chi connectivity index (χ1) is 12.0. The fourth-order valence-corrected chi connectivity index (χ4v) is 4.43. The van der Waals surface area contributed by atoms with Gasteiger partial charge in [0, 0.05) is 38.9 Å². The van der Waals surface area contributed by atoms with Crippen molar-refractivity contribution in [1.82, 2.24) is 10.2 Å². The average Bonchev–Trinajstić information content (AvgIpc) is 2.57. The largest absolute Gasteiger partial charge is 0.371 e. The molecule has 0 spiro atoms. The van der Waals surface area contributed by atoms with E-state index in [2.05, 4.69) is 17.3 Å². The molecule has 1 aromatic carbocycles. The van der Waals surface area contributed by atoms with Crippen LogP contribution in [0.15, 0.2) is 18.2 Å². The molecule has 25 heavy (non-hydrogen) atoms. The smallest absolute Gasteiger partial charge is 0.254 e. The minimum Gasteiger partial charge on any atom is -0.371 e. The Labute approximate surface area is 156 Å². The topological polar surface area (TPSA) is 35.6 Å². The lowest BCUT2D eigenvalue weighted by atomic mass is 9.73. The highest BCUT2D eigenvalue weighted by molar-refractivity contribution is 6.34. The Morgan fingerprint density at radius 1 is 1.24 bits per heavy atom. The molecule has 138 valence electrons. The van der Waals surface area contributed by atoms with E-state index in [-0.39, 0.29) is 5.91 Å². The van der Waals surface area contributed by atoms with Crippen molar-refractivity contribution in [2.45, 2.75) is 38.1 Å². The van der Waals surface area contributed by atoms with Crippen LogP contribution in [0.5, 0.6) is 0 Å². The third-order valence-electron chi connectivity index (χ3n) is 5.88. The summed E-state index contributed by atoms with van der Waals surface area (Å²) in [5.41, 5.74) is 1.71. The van der Waals surface area contributed by atoms with Crippen LogP contribution in [0.3, 0.4) is 0 Å². The Balaban J connectivity index is 1.53. The molecule has 0 bridgehead atoms. The van der Waals surface area contributed by atoms with E-state index in [0.717, 1.165) is 36.7 Å². The fraction of sp³-hybridized carbons (Fsp3) is 0.650. The molecule has 0 atom stereocenters. The Hall–Kier alpha value is -1.26. The number of carbonyl (C=O) groups excluding carboxylic acids is 1. The molecular formula is C20H30ClN3O. The van der Waals surface area contributed by atoms with E-state index in [1.54, 1.807) is 19.0 Å². The van der Waals surface area contributed by atoms with Gasteiger partial charge < -0.3 is 15.1 Å². The van der Waals surface area contributed by atoms with Gasteiger partial charge in [0.1, 0.15) is 0 Å². The summed E-state index contributed by atoms with van der Waals surface area (Å²) >= 11 is 6.36. The van der Waals surface area contributed by atoms with Gasteiger partial charge in [-0.1, -0.05) is 11.6 Å². The molecule has 3 rings (SSSR count). The zero-order valence-corrected chi connectivity index (χ0v) is 16.4. The van der Waals surface area contributed by atoms with Gasteiger partial charge in [0.15, 0.2) is 0 Å². The molecule has 0 aromatic heterocycles. The van der Waals surface area contributed by atoms with Gasteiger partial charge in [0.05, 0.1) is 10.6 Å². The minimum atomic E-state index is -0.0457. The number of carbonyl (C=O) groups is 1. The first-order valence-corrected chi connectivity index (χ1v) is 9.79. The van der Waals surface area contributed by atoms with E-state index in [1.807, 2.05) is 18.2 Å². The first-order valence-electron chi connectivity index (χ1n) is 9.41. The van der Waals surface area contributed by atoms with Crippen molar-refractivity contribution in [2.75, 3.05) is 39.1 Å². The number of anilines is 1. The lowest BCUT2D eigenvalue weighted by molar-refractivity contribution is 0.0828. The van der Waals surface area contributed by atoms with Crippen LogP contribution in [-0.4, -0.2) is 51.1 Å². The number of rotatable bonds is 5. The van der Waals surface area contributed by atoms with Crippen LogP contribution in [0, 0.1) is 11.8 Å². The quantitative estimate of drug-likeness (QED) is 0.867. The van der Waals surface area contributed by atoms with E-state index < -0.39 is 0 Å². The van der Waals surface area contributed by atoms with Crippen LogP contribution in [0.1, 0.15) is 42.5 Å². The van der Waals surface area contributed by atoms with Gasteiger partial charge in [-0.3, -0.25) is 4.79 Å². The van der Waals surface area contributed by atoms with Crippen LogP contribution < -0.4 is 10.2 Å². The summed E-state index contributed by atoms with van der Waals surface area (Å²) in [7, 11) is 5.57. The molecule has 1 aromatic rings. The fourth-order valence-electron chi connectivity index (χ4n) is 4.18. The summed E-state index contributed by atoms with van der Waals surface area (Å²) in [5, 5.41) is 3.92. The van der Waals surface area contributed by atoms with E-state index in [0.29, 0.717) is 10.6 Å². The van der Waals surface area contributed by atoms with E-state index in [9.17, 15) is 4.79 Å². The normalized spacial score (nSPS) is 24.1. The van der Waals surface area contributed by atoms with Crippen LogP contribution >= 0.6 is 11.6 Å². The van der Waals surface area contributed by atoms with Crippen LogP contribution in [0.2, 0.25) is 5.02 Å². The van der Waals surface area contributed by atoms with E-state index in [4.69, 9.17) is 11.6 Å². The molecular weight excluding hydrogens is 334 g/mol. The summed E-state index contributed by atoms with van der Waals surface area (Å²) < 4.78 is 0. The number of halogens is 1. The predicted molar refractivity (Wildman–Crippen MR) is 105 cm³/mol. The molecule has 2 fully saturated rings. The number of hydrogen-bond donors (Lipinski definition) is 1. The maximum atomic E-state index is 12.1. The Morgan fingerprint density at radius 2 is 1.92 bits per heavy atom. The number of amides is 1. The zero-order chi connectivity index (χ0) is 18.0. The predicted octanol–water partition coefficient (Wildman–Crippen LogP) is 3.65. The molecule has 0 unspecified atom stereocenters. The summed E-state index contributed by atoms with van der Waals surface area (Å²) in [6, 6.07) is 6.60. The van der Waals surface area contributed by atoms with Crippen molar-refractivity contribution < 1.29 is 4.79 Å².